The lowest BCUT2D eigenvalue weighted by atomic mass is 10.1. The standard InChI is InChI=1S/C21H14Cl2N2OS/c1-13-5-4-7-17(19(13)23)25(20(26)14-9-11-15(22)12-10-14)21-24-16-6-2-3-8-18(16)27-21/h2-12H,1H3. The number of carbonyl (C=O) groups excluding carboxylic acids is 1. The predicted molar refractivity (Wildman–Crippen MR) is 114 cm³/mol. The highest BCUT2D eigenvalue weighted by atomic mass is 35.5. The molecule has 0 spiro atoms. The summed E-state index contributed by atoms with van der Waals surface area (Å²) in [5.41, 5.74) is 2.85. The van der Waals surface area contributed by atoms with E-state index in [0.29, 0.717) is 26.4 Å². The van der Waals surface area contributed by atoms with Crippen molar-refractivity contribution in [3.8, 4) is 0 Å². The van der Waals surface area contributed by atoms with Crippen LogP contribution in [0.25, 0.3) is 10.2 Å². The molecule has 0 bridgehead atoms. The van der Waals surface area contributed by atoms with Crippen LogP contribution in [0.3, 0.4) is 0 Å². The van der Waals surface area contributed by atoms with Crippen molar-refractivity contribution in [2.75, 3.05) is 4.90 Å². The molecule has 0 saturated carbocycles. The fourth-order valence-corrected chi connectivity index (χ4v) is 4.10. The molecule has 0 aliphatic heterocycles. The fraction of sp³-hybridized carbons (Fsp3) is 0.0476. The number of carbonyl (C=O) groups is 1. The molecule has 0 fully saturated rings. The lowest BCUT2D eigenvalue weighted by molar-refractivity contribution is 0.0999. The third-order valence-electron chi connectivity index (χ3n) is 4.18. The lowest BCUT2D eigenvalue weighted by Crippen LogP contribution is -2.26. The normalized spacial score (nSPS) is 10.9. The largest absolute Gasteiger partial charge is 0.268 e. The second kappa shape index (κ2) is 7.31. The zero-order valence-corrected chi connectivity index (χ0v) is 16.6. The van der Waals surface area contributed by atoms with Crippen LogP contribution in [0.2, 0.25) is 10.0 Å². The van der Waals surface area contributed by atoms with Crippen molar-refractivity contribution in [1.82, 2.24) is 4.98 Å². The number of hydrogen-bond donors (Lipinski definition) is 0. The second-order valence-electron chi connectivity index (χ2n) is 6.02. The van der Waals surface area contributed by atoms with Crippen LogP contribution in [0.4, 0.5) is 10.8 Å². The molecular formula is C21H14Cl2N2OS. The third kappa shape index (κ3) is 3.44. The van der Waals surface area contributed by atoms with Crippen molar-refractivity contribution in [2.24, 2.45) is 0 Å². The minimum Gasteiger partial charge on any atom is -0.268 e. The van der Waals surface area contributed by atoms with E-state index in [2.05, 4.69) is 4.98 Å². The van der Waals surface area contributed by atoms with Crippen molar-refractivity contribution in [1.29, 1.82) is 0 Å². The minimum absolute atomic E-state index is 0.210. The molecule has 6 heteroatoms. The van der Waals surface area contributed by atoms with Gasteiger partial charge < -0.3 is 0 Å². The summed E-state index contributed by atoms with van der Waals surface area (Å²) in [6, 6.07) is 20.2. The number of hydrogen-bond acceptors (Lipinski definition) is 3. The smallest absolute Gasteiger partial charge is 0.264 e. The number of halogens is 2. The van der Waals surface area contributed by atoms with E-state index in [0.717, 1.165) is 15.8 Å². The Hall–Kier alpha value is -2.40. The molecule has 1 aromatic heterocycles. The number of para-hydroxylation sites is 1. The van der Waals surface area contributed by atoms with Gasteiger partial charge in [-0.1, -0.05) is 58.8 Å². The number of aryl methyl sites for hydroxylation is 1. The molecule has 0 N–H and O–H groups in total. The quantitative estimate of drug-likeness (QED) is 0.366. The molecule has 4 aromatic rings. The Morgan fingerprint density at radius 3 is 2.44 bits per heavy atom. The highest BCUT2D eigenvalue weighted by molar-refractivity contribution is 7.22. The highest BCUT2D eigenvalue weighted by Gasteiger charge is 2.25. The zero-order chi connectivity index (χ0) is 19.0. The monoisotopic (exact) mass is 412 g/mol. The molecule has 0 aliphatic rings. The Balaban J connectivity index is 1.90. The third-order valence-corrected chi connectivity index (χ3v) is 5.95. The maximum atomic E-state index is 13.4. The van der Waals surface area contributed by atoms with Gasteiger partial charge in [-0.2, -0.15) is 0 Å². The minimum atomic E-state index is -0.210. The predicted octanol–water partition coefficient (Wildman–Crippen LogP) is 6.89. The van der Waals surface area contributed by atoms with Gasteiger partial charge in [-0.3, -0.25) is 9.69 Å². The topological polar surface area (TPSA) is 33.2 Å². The number of amides is 1. The first kappa shape index (κ1) is 18.0. The van der Waals surface area contributed by atoms with E-state index < -0.39 is 0 Å². The number of benzene rings is 3. The van der Waals surface area contributed by atoms with E-state index in [-0.39, 0.29) is 5.91 Å². The average Bonchev–Trinajstić information content (AvgIpc) is 3.09. The Morgan fingerprint density at radius 2 is 1.70 bits per heavy atom. The Labute approximate surface area is 170 Å². The maximum Gasteiger partial charge on any atom is 0.264 e. The molecule has 0 aliphatic carbocycles. The number of thiazole rings is 1. The van der Waals surface area contributed by atoms with Gasteiger partial charge in [0.25, 0.3) is 5.91 Å². The van der Waals surface area contributed by atoms with Gasteiger partial charge in [0, 0.05) is 10.6 Å². The van der Waals surface area contributed by atoms with Crippen LogP contribution in [-0.4, -0.2) is 10.9 Å². The number of fused-ring (bicyclic) bond motifs is 1. The van der Waals surface area contributed by atoms with E-state index in [1.165, 1.54) is 11.3 Å². The van der Waals surface area contributed by atoms with Gasteiger partial charge in [0.05, 0.1) is 20.9 Å². The summed E-state index contributed by atoms with van der Waals surface area (Å²) in [5, 5.41) is 1.68. The van der Waals surface area contributed by atoms with Gasteiger partial charge in [-0.15, -0.1) is 0 Å². The van der Waals surface area contributed by atoms with Crippen LogP contribution in [0.1, 0.15) is 15.9 Å². The Bertz CT molecular complexity index is 1110. The first-order chi connectivity index (χ1) is 13.0. The molecule has 3 aromatic carbocycles. The summed E-state index contributed by atoms with van der Waals surface area (Å²) in [6.07, 6.45) is 0. The maximum absolute atomic E-state index is 13.4. The van der Waals surface area contributed by atoms with Crippen molar-refractivity contribution in [3.63, 3.8) is 0 Å². The Morgan fingerprint density at radius 1 is 0.963 bits per heavy atom. The molecule has 27 heavy (non-hydrogen) atoms. The van der Waals surface area contributed by atoms with E-state index in [1.807, 2.05) is 49.4 Å². The molecule has 3 nitrogen and oxygen atoms in total. The summed E-state index contributed by atoms with van der Waals surface area (Å²) in [4.78, 5) is 19.6. The highest BCUT2D eigenvalue weighted by Crippen LogP contribution is 2.38. The SMILES string of the molecule is Cc1cccc(N(C(=O)c2ccc(Cl)cc2)c2nc3ccccc3s2)c1Cl. The van der Waals surface area contributed by atoms with Crippen LogP contribution in [0.5, 0.6) is 0 Å². The van der Waals surface area contributed by atoms with E-state index >= 15 is 0 Å². The van der Waals surface area contributed by atoms with Gasteiger partial charge in [-0.05, 0) is 55.0 Å². The molecule has 0 unspecified atom stereocenters. The van der Waals surface area contributed by atoms with Crippen LogP contribution in [0.15, 0.2) is 66.7 Å². The molecular weight excluding hydrogens is 399 g/mol. The van der Waals surface area contributed by atoms with Crippen molar-refractivity contribution >= 4 is 61.5 Å². The van der Waals surface area contributed by atoms with Crippen molar-refractivity contribution in [3.05, 3.63) is 87.9 Å². The summed E-state index contributed by atoms with van der Waals surface area (Å²) in [6.45, 7) is 1.91. The van der Waals surface area contributed by atoms with Gasteiger partial charge in [0.2, 0.25) is 0 Å². The van der Waals surface area contributed by atoms with E-state index in [9.17, 15) is 4.79 Å². The summed E-state index contributed by atoms with van der Waals surface area (Å²) >= 11 is 14.0. The molecule has 0 radical (unpaired) electrons. The van der Waals surface area contributed by atoms with Crippen LogP contribution < -0.4 is 4.90 Å². The van der Waals surface area contributed by atoms with Crippen molar-refractivity contribution < 1.29 is 4.79 Å². The molecule has 1 heterocycles. The molecule has 134 valence electrons. The lowest BCUT2D eigenvalue weighted by Gasteiger charge is -2.22. The number of nitrogens with zero attached hydrogens (tertiary/aromatic N) is 2. The van der Waals surface area contributed by atoms with Crippen LogP contribution in [0, 0.1) is 6.92 Å². The van der Waals surface area contributed by atoms with Gasteiger partial charge in [0.1, 0.15) is 0 Å². The second-order valence-corrected chi connectivity index (χ2v) is 7.84. The van der Waals surface area contributed by atoms with E-state index in [1.54, 1.807) is 29.2 Å². The summed E-state index contributed by atoms with van der Waals surface area (Å²) in [5.74, 6) is -0.210. The van der Waals surface area contributed by atoms with Crippen LogP contribution >= 0.6 is 34.5 Å². The first-order valence-corrected chi connectivity index (χ1v) is 9.82. The molecule has 0 saturated heterocycles. The number of aromatic nitrogens is 1. The zero-order valence-electron chi connectivity index (χ0n) is 14.3. The number of anilines is 2. The van der Waals surface area contributed by atoms with Gasteiger partial charge in [-0.25, -0.2) is 4.98 Å². The van der Waals surface area contributed by atoms with Crippen molar-refractivity contribution in [2.45, 2.75) is 6.92 Å². The fourth-order valence-electron chi connectivity index (χ4n) is 2.78. The van der Waals surface area contributed by atoms with Gasteiger partial charge >= 0.3 is 0 Å². The molecule has 0 atom stereocenters. The molecule has 1 amide bonds. The average molecular weight is 413 g/mol. The molecule has 4 rings (SSSR count). The van der Waals surface area contributed by atoms with Gasteiger partial charge in [0.15, 0.2) is 5.13 Å². The Kier molecular flexibility index (Phi) is 4.87. The summed E-state index contributed by atoms with van der Waals surface area (Å²) in [7, 11) is 0. The first-order valence-electron chi connectivity index (χ1n) is 8.25. The summed E-state index contributed by atoms with van der Waals surface area (Å²) < 4.78 is 1.00. The number of rotatable bonds is 3. The van der Waals surface area contributed by atoms with Crippen LogP contribution in [-0.2, 0) is 0 Å². The van der Waals surface area contributed by atoms with E-state index in [4.69, 9.17) is 23.2 Å².